The molecule has 1 aromatic heterocycles. The van der Waals surface area contributed by atoms with Crippen LogP contribution in [0.5, 0.6) is 0 Å². The van der Waals surface area contributed by atoms with Crippen LogP contribution < -0.4 is 16.2 Å². The van der Waals surface area contributed by atoms with E-state index in [1.54, 1.807) is 24.3 Å². The number of nitrogens with one attached hydrogen (secondary N) is 2. The van der Waals surface area contributed by atoms with Crippen molar-refractivity contribution in [3.05, 3.63) is 74.2 Å². The SMILES string of the molecule is COC(=O)c1cc([N+](=O)[O-])cn(CC(=O)NC(=O)NCc2ccccc2)c1=O. The zero-order chi connectivity index (χ0) is 20.7. The molecule has 0 saturated carbocycles. The third-order valence-corrected chi connectivity index (χ3v) is 3.55. The van der Waals surface area contributed by atoms with Crippen LogP contribution in [0.4, 0.5) is 10.5 Å². The number of nitrogens with zero attached hydrogens (tertiary/aromatic N) is 2. The predicted molar refractivity (Wildman–Crippen MR) is 95.5 cm³/mol. The molecular formula is C17H16N4O7. The van der Waals surface area contributed by atoms with Crippen LogP contribution in [0.15, 0.2) is 47.4 Å². The summed E-state index contributed by atoms with van der Waals surface area (Å²) < 4.78 is 5.07. The van der Waals surface area contributed by atoms with E-state index in [-0.39, 0.29) is 6.54 Å². The van der Waals surface area contributed by atoms with Gasteiger partial charge in [-0.2, -0.15) is 0 Å². The number of ether oxygens (including phenoxy) is 1. The highest BCUT2D eigenvalue weighted by molar-refractivity contribution is 5.94. The van der Waals surface area contributed by atoms with E-state index in [0.717, 1.165) is 24.9 Å². The van der Waals surface area contributed by atoms with Gasteiger partial charge in [0, 0.05) is 12.6 Å². The van der Waals surface area contributed by atoms with Crippen molar-refractivity contribution < 1.29 is 24.0 Å². The number of aromatic nitrogens is 1. The second-order valence-corrected chi connectivity index (χ2v) is 5.51. The third kappa shape index (κ3) is 5.24. The molecule has 0 spiro atoms. The first kappa shape index (κ1) is 20.3. The monoisotopic (exact) mass is 388 g/mol. The van der Waals surface area contributed by atoms with Crippen molar-refractivity contribution in [1.29, 1.82) is 0 Å². The van der Waals surface area contributed by atoms with Gasteiger partial charge in [-0.15, -0.1) is 0 Å². The van der Waals surface area contributed by atoms with E-state index in [0.29, 0.717) is 4.57 Å². The molecule has 28 heavy (non-hydrogen) atoms. The number of methoxy groups -OCH3 is 1. The van der Waals surface area contributed by atoms with Crippen LogP contribution >= 0.6 is 0 Å². The molecule has 1 heterocycles. The van der Waals surface area contributed by atoms with Crippen LogP contribution in [0.3, 0.4) is 0 Å². The Morgan fingerprint density at radius 2 is 1.89 bits per heavy atom. The number of hydrogen-bond donors (Lipinski definition) is 2. The molecule has 0 fully saturated rings. The topological polar surface area (TPSA) is 150 Å². The molecule has 11 heteroatoms. The van der Waals surface area contributed by atoms with E-state index in [9.17, 15) is 29.3 Å². The van der Waals surface area contributed by atoms with Crippen LogP contribution in [0.25, 0.3) is 0 Å². The molecule has 0 unspecified atom stereocenters. The molecule has 0 aliphatic rings. The first-order valence-corrected chi connectivity index (χ1v) is 7.90. The Kier molecular flexibility index (Phi) is 6.58. The second kappa shape index (κ2) is 9.07. The minimum absolute atomic E-state index is 0.170. The lowest BCUT2D eigenvalue weighted by atomic mass is 10.2. The molecule has 0 atom stereocenters. The Hall–Kier alpha value is -4.02. The molecule has 0 aliphatic heterocycles. The lowest BCUT2D eigenvalue weighted by Gasteiger charge is -2.09. The van der Waals surface area contributed by atoms with Crippen LogP contribution in [-0.2, 0) is 22.6 Å². The molecular weight excluding hydrogens is 372 g/mol. The molecule has 0 saturated heterocycles. The van der Waals surface area contributed by atoms with Crippen molar-refractivity contribution in [2.75, 3.05) is 7.11 Å². The largest absolute Gasteiger partial charge is 0.465 e. The standard InChI is InChI=1S/C17H16N4O7/c1-28-16(24)13-7-12(21(26)27)9-20(15(13)23)10-14(22)19-17(25)18-8-11-5-3-2-4-6-11/h2-7,9H,8,10H2,1H3,(H2,18,19,22,25). The molecule has 11 nitrogen and oxygen atoms in total. The van der Waals surface area contributed by atoms with Gasteiger partial charge in [0.1, 0.15) is 12.1 Å². The maximum atomic E-state index is 12.2. The lowest BCUT2D eigenvalue weighted by molar-refractivity contribution is -0.385. The minimum atomic E-state index is -1.08. The summed E-state index contributed by atoms with van der Waals surface area (Å²) in [6.45, 7) is -0.535. The highest BCUT2D eigenvalue weighted by atomic mass is 16.6. The van der Waals surface area contributed by atoms with E-state index in [2.05, 4.69) is 10.1 Å². The molecule has 0 radical (unpaired) electrons. The third-order valence-electron chi connectivity index (χ3n) is 3.55. The van der Waals surface area contributed by atoms with Gasteiger partial charge in [-0.1, -0.05) is 30.3 Å². The normalized spacial score (nSPS) is 10.0. The van der Waals surface area contributed by atoms with Gasteiger partial charge >= 0.3 is 12.0 Å². The van der Waals surface area contributed by atoms with Crippen LogP contribution in [0.1, 0.15) is 15.9 Å². The summed E-state index contributed by atoms with van der Waals surface area (Å²) in [6, 6.07) is 8.89. The Bertz CT molecular complexity index is 969. The Balaban J connectivity index is 2.09. The van der Waals surface area contributed by atoms with Crippen molar-refractivity contribution in [3.63, 3.8) is 0 Å². The summed E-state index contributed by atoms with van der Waals surface area (Å²) in [6.07, 6.45) is 0.802. The summed E-state index contributed by atoms with van der Waals surface area (Å²) in [4.78, 5) is 57.8. The fraction of sp³-hybridized carbons (Fsp3) is 0.176. The van der Waals surface area contributed by atoms with Gasteiger partial charge in [-0.25, -0.2) is 9.59 Å². The molecule has 0 aliphatic carbocycles. The lowest BCUT2D eigenvalue weighted by Crippen LogP contribution is -2.42. The number of esters is 1. The summed E-state index contributed by atoms with van der Waals surface area (Å²) in [5.74, 6) is -1.98. The first-order valence-electron chi connectivity index (χ1n) is 7.90. The van der Waals surface area contributed by atoms with Crippen LogP contribution in [0, 0.1) is 10.1 Å². The quantitative estimate of drug-likeness (QED) is 0.417. The predicted octanol–water partition coefficient (Wildman–Crippen LogP) is 0.569. The van der Waals surface area contributed by atoms with Gasteiger partial charge in [-0.05, 0) is 5.56 Å². The van der Waals surface area contributed by atoms with Crippen molar-refractivity contribution in [2.45, 2.75) is 13.1 Å². The number of amides is 3. The fourth-order valence-corrected chi connectivity index (χ4v) is 2.24. The number of imide groups is 1. The number of hydrogen-bond acceptors (Lipinski definition) is 7. The van der Waals surface area contributed by atoms with Crippen LogP contribution in [-0.4, -0.2) is 34.5 Å². The smallest absolute Gasteiger partial charge is 0.343 e. The molecule has 3 amide bonds. The fourth-order valence-electron chi connectivity index (χ4n) is 2.24. The van der Waals surface area contributed by atoms with Gasteiger partial charge in [0.25, 0.3) is 11.2 Å². The Labute approximate surface area is 158 Å². The number of pyridine rings is 1. The molecule has 2 N–H and O–H groups in total. The summed E-state index contributed by atoms with van der Waals surface area (Å²) in [5.41, 5.74) is -1.33. The van der Waals surface area contributed by atoms with Gasteiger partial charge in [0.05, 0.1) is 18.2 Å². The summed E-state index contributed by atoms with van der Waals surface area (Å²) in [5, 5.41) is 15.4. The average Bonchev–Trinajstić information content (AvgIpc) is 2.67. The van der Waals surface area contributed by atoms with Crippen molar-refractivity contribution in [1.82, 2.24) is 15.2 Å². The Morgan fingerprint density at radius 3 is 2.50 bits per heavy atom. The maximum absolute atomic E-state index is 12.2. The number of carbonyl (C=O) groups excluding carboxylic acids is 3. The zero-order valence-corrected chi connectivity index (χ0v) is 14.7. The zero-order valence-electron chi connectivity index (χ0n) is 14.7. The molecule has 0 bridgehead atoms. The molecule has 2 aromatic rings. The Morgan fingerprint density at radius 1 is 1.21 bits per heavy atom. The van der Waals surface area contributed by atoms with Gasteiger partial charge in [0.2, 0.25) is 5.91 Å². The highest BCUT2D eigenvalue weighted by Crippen LogP contribution is 2.11. The van der Waals surface area contributed by atoms with Crippen molar-refractivity contribution >= 4 is 23.6 Å². The maximum Gasteiger partial charge on any atom is 0.343 e. The van der Waals surface area contributed by atoms with Crippen LogP contribution in [0.2, 0.25) is 0 Å². The number of nitro groups is 1. The highest BCUT2D eigenvalue weighted by Gasteiger charge is 2.21. The van der Waals surface area contributed by atoms with Gasteiger partial charge < -0.3 is 10.1 Å². The van der Waals surface area contributed by atoms with Gasteiger partial charge in [0.15, 0.2) is 0 Å². The van der Waals surface area contributed by atoms with E-state index >= 15 is 0 Å². The second-order valence-electron chi connectivity index (χ2n) is 5.51. The first-order chi connectivity index (χ1) is 13.3. The number of carbonyl (C=O) groups is 3. The van der Waals surface area contributed by atoms with E-state index < -0.39 is 46.2 Å². The van der Waals surface area contributed by atoms with Gasteiger partial charge in [-0.3, -0.25) is 29.6 Å². The number of benzene rings is 1. The van der Waals surface area contributed by atoms with E-state index in [4.69, 9.17) is 0 Å². The molecule has 1 aromatic carbocycles. The van der Waals surface area contributed by atoms with E-state index in [1.807, 2.05) is 11.4 Å². The van der Waals surface area contributed by atoms with Crippen molar-refractivity contribution in [3.8, 4) is 0 Å². The molecule has 146 valence electrons. The average molecular weight is 388 g/mol. The molecule has 2 rings (SSSR count). The number of rotatable bonds is 6. The van der Waals surface area contributed by atoms with Crippen molar-refractivity contribution in [2.24, 2.45) is 0 Å². The number of urea groups is 1. The summed E-state index contributed by atoms with van der Waals surface area (Å²) >= 11 is 0. The minimum Gasteiger partial charge on any atom is -0.465 e. The summed E-state index contributed by atoms with van der Waals surface area (Å²) in [7, 11) is 1.01. The van der Waals surface area contributed by atoms with E-state index in [1.165, 1.54) is 0 Å².